The third kappa shape index (κ3) is 35.7. The first-order chi connectivity index (χ1) is 24.6. The lowest BCUT2D eigenvalue weighted by Crippen LogP contribution is -2.49. The second kappa shape index (κ2) is 41.1. The quantitative estimate of drug-likeness (QED) is 0.0475. The Labute approximate surface area is 313 Å². The van der Waals surface area contributed by atoms with Gasteiger partial charge in [0.2, 0.25) is 5.91 Å². The van der Waals surface area contributed by atoms with Gasteiger partial charge >= 0.3 is 0 Å². The summed E-state index contributed by atoms with van der Waals surface area (Å²) < 4.78 is 0. The molecule has 5 nitrogen and oxygen atoms in total. The zero-order chi connectivity index (χ0) is 36.6. The highest BCUT2D eigenvalue weighted by molar-refractivity contribution is 5.80. The summed E-state index contributed by atoms with van der Waals surface area (Å²) in [5, 5.41) is 33.3. The van der Waals surface area contributed by atoms with Gasteiger partial charge < -0.3 is 20.6 Å². The smallest absolute Gasteiger partial charge is 0.249 e. The summed E-state index contributed by atoms with van der Waals surface area (Å²) in [6.45, 7) is 4.24. The maximum absolute atomic E-state index is 12.4. The second-order valence-corrected chi connectivity index (χ2v) is 16.0. The standard InChI is InChI=1S/C45H91NO4/c1-3-5-7-9-11-13-15-16-17-18-19-20-21-22-23-24-25-26-27-28-30-31-33-35-37-39-43(48)42(41-47)46-45(50)44(49)40-38-36-34-32-29-14-12-10-8-6-4-2/h42-44,47-49H,3-41H2,1-2H3,(H,46,50). The molecule has 300 valence electrons. The van der Waals surface area contributed by atoms with Crippen molar-refractivity contribution in [3.05, 3.63) is 0 Å². The zero-order valence-electron chi connectivity index (χ0n) is 34.1. The third-order valence-electron chi connectivity index (χ3n) is 11.0. The number of unbranched alkanes of at least 4 members (excludes halogenated alkanes) is 34. The number of carbonyl (C=O) groups is 1. The fourth-order valence-electron chi connectivity index (χ4n) is 7.37. The van der Waals surface area contributed by atoms with Gasteiger partial charge in [0, 0.05) is 0 Å². The highest BCUT2D eigenvalue weighted by atomic mass is 16.3. The largest absolute Gasteiger partial charge is 0.394 e. The number of amides is 1. The minimum absolute atomic E-state index is 0.308. The van der Waals surface area contributed by atoms with Gasteiger partial charge in [0.05, 0.1) is 18.8 Å². The predicted molar refractivity (Wildman–Crippen MR) is 218 cm³/mol. The average molecular weight is 710 g/mol. The van der Waals surface area contributed by atoms with E-state index in [1.165, 1.54) is 199 Å². The molecule has 0 aromatic carbocycles. The van der Waals surface area contributed by atoms with Crippen LogP contribution in [-0.2, 0) is 4.79 Å². The minimum Gasteiger partial charge on any atom is -0.394 e. The maximum atomic E-state index is 12.4. The molecule has 1 amide bonds. The molecular formula is C45H91NO4. The number of hydrogen-bond donors (Lipinski definition) is 4. The lowest BCUT2D eigenvalue weighted by atomic mass is 10.0. The van der Waals surface area contributed by atoms with Crippen LogP contribution in [0.4, 0.5) is 0 Å². The lowest BCUT2D eigenvalue weighted by molar-refractivity contribution is -0.131. The van der Waals surface area contributed by atoms with Crippen LogP contribution in [0.25, 0.3) is 0 Å². The fourth-order valence-corrected chi connectivity index (χ4v) is 7.37. The monoisotopic (exact) mass is 710 g/mol. The van der Waals surface area contributed by atoms with E-state index in [1.54, 1.807) is 0 Å². The predicted octanol–water partition coefficient (Wildman–Crippen LogP) is 13.0. The Morgan fingerprint density at radius 2 is 0.640 bits per heavy atom. The average Bonchev–Trinajstić information content (AvgIpc) is 3.12. The first-order valence-electron chi connectivity index (χ1n) is 22.8. The van der Waals surface area contributed by atoms with Crippen molar-refractivity contribution < 1.29 is 20.1 Å². The van der Waals surface area contributed by atoms with Crippen molar-refractivity contribution in [2.45, 2.75) is 276 Å². The van der Waals surface area contributed by atoms with Crippen molar-refractivity contribution in [1.82, 2.24) is 5.32 Å². The molecule has 0 saturated carbocycles. The zero-order valence-corrected chi connectivity index (χ0v) is 34.1. The normalized spacial score (nSPS) is 13.5. The van der Waals surface area contributed by atoms with Crippen molar-refractivity contribution in [3.63, 3.8) is 0 Å². The number of nitrogens with one attached hydrogen (secondary N) is 1. The van der Waals surface area contributed by atoms with Crippen LogP contribution >= 0.6 is 0 Å². The number of aliphatic hydroxyl groups excluding tert-OH is 3. The Hall–Kier alpha value is -0.650. The molecule has 0 aromatic heterocycles. The van der Waals surface area contributed by atoms with Gasteiger partial charge in [-0.3, -0.25) is 4.79 Å². The molecule has 50 heavy (non-hydrogen) atoms. The number of hydrogen-bond acceptors (Lipinski definition) is 4. The van der Waals surface area contributed by atoms with Crippen molar-refractivity contribution >= 4 is 5.91 Å². The molecule has 4 N–H and O–H groups in total. The van der Waals surface area contributed by atoms with Crippen LogP contribution < -0.4 is 5.32 Å². The van der Waals surface area contributed by atoms with E-state index in [0.717, 1.165) is 32.1 Å². The van der Waals surface area contributed by atoms with Gasteiger partial charge in [-0.25, -0.2) is 0 Å². The molecule has 0 radical (unpaired) electrons. The van der Waals surface area contributed by atoms with Crippen LogP contribution in [0.3, 0.4) is 0 Å². The SMILES string of the molecule is CCCCCCCCCCCCCCCCCCCCCCCCCCCC(O)C(CO)NC(=O)C(O)CCCCCCCCCCCCC. The summed E-state index contributed by atoms with van der Waals surface area (Å²) in [6.07, 6.45) is 46.9. The Morgan fingerprint density at radius 3 is 0.900 bits per heavy atom. The molecule has 0 aliphatic rings. The Morgan fingerprint density at radius 1 is 0.400 bits per heavy atom. The summed E-state index contributed by atoms with van der Waals surface area (Å²) >= 11 is 0. The van der Waals surface area contributed by atoms with E-state index < -0.39 is 24.2 Å². The fraction of sp³-hybridized carbons (Fsp3) is 0.978. The maximum Gasteiger partial charge on any atom is 0.249 e. The van der Waals surface area contributed by atoms with Gasteiger partial charge in [-0.1, -0.05) is 245 Å². The number of carbonyl (C=O) groups excluding carboxylic acids is 1. The topological polar surface area (TPSA) is 89.8 Å². The third-order valence-corrected chi connectivity index (χ3v) is 11.0. The molecule has 0 heterocycles. The molecule has 3 atom stereocenters. The molecule has 3 unspecified atom stereocenters. The van der Waals surface area contributed by atoms with E-state index >= 15 is 0 Å². The van der Waals surface area contributed by atoms with E-state index in [9.17, 15) is 20.1 Å². The summed E-state index contributed by atoms with van der Waals surface area (Å²) in [6, 6.07) is -0.705. The van der Waals surface area contributed by atoms with Crippen molar-refractivity contribution in [3.8, 4) is 0 Å². The van der Waals surface area contributed by atoms with Gasteiger partial charge in [-0.15, -0.1) is 0 Å². The van der Waals surface area contributed by atoms with E-state index in [0.29, 0.717) is 12.8 Å². The molecule has 0 saturated heterocycles. The number of rotatable bonds is 42. The van der Waals surface area contributed by atoms with Crippen LogP contribution in [-0.4, -0.2) is 46.1 Å². The van der Waals surface area contributed by atoms with Crippen molar-refractivity contribution in [2.75, 3.05) is 6.61 Å². The molecule has 0 aliphatic carbocycles. The van der Waals surface area contributed by atoms with Gasteiger partial charge in [-0.05, 0) is 12.8 Å². The molecule has 0 bridgehead atoms. The second-order valence-electron chi connectivity index (χ2n) is 16.0. The highest BCUT2D eigenvalue weighted by Crippen LogP contribution is 2.17. The van der Waals surface area contributed by atoms with Crippen molar-refractivity contribution in [1.29, 1.82) is 0 Å². The Balaban J connectivity index is 3.50. The van der Waals surface area contributed by atoms with Crippen molar-refractivity contribution in [2.24, 2.45) is 0 Å². The number of aliphatic hydroxyl groups is 3. The van der Waals surface area contributed by atoms with Gasteiger partial charge in [0.1, 0.15) is 6.10 Å². The van der Waals surface area contributed by atoms with E-state index in [4.69, 9.17) is 0 Å². The minimum atomic E-state index is -1.07. The molecule has 0 rings (SSSR count). The molecular weight excluding hydrogens is 618 g/mol. The Bertz CT molecular complexity index is 659. The lowest BCUT2D eigenvalue weighted by Gasteiger charge is -2.23. The molecule has 0 aromatic rings. The summed E-state index contributed by atoms with van der Waals surface area (Å²) in [4.78, 5) is 12.4. The summed E-state index contributed by atoms with van der Waals surface area (Å²) in [7, 11) is 0. The summed E-state index contributed by atoms with van der Waals surface area (Å²) in [5.41, 5.74) is 0. The van der Waals surface area contributed by atoms with Crippen LogP contribution in [0.15, 0.2) is 0 Å². The van der Waals surface area contributed by atoms with Crippen LogP contribution in [0.1, 0.15) is 258 Å². The van der Waals surface area contributed by atoms with Crippen LogP contribution in [0.2, 0.25) is 0 Å². The summed E-state index contributed by atoms with van der Waals surface area (Å²) in [5.74, 6) is -0.468. The molecule has 5 heteroatoms. The highest BCUT2D eigenvalue weighted by Gasteiger charge is 2.23. The van der Waals surface area contributed by atoms with Crippen LogP contribution in [0, 0.1) is 0 Å². The van der Waals surface area contributed by atoms with Gasteiger partial charge in [0.25, 0.3) is 0 Å². The first kappa shape index (κ1) is 49.4. The van der Waals surface area contributed by atoms with E-state index in [-0.39, 0.29) is 6.61 Å². The molecule has 0 aliphatic heterocycles. The van der Waals surface area contributed by atoms with Crippen LogP contribution in [0.5, 0.6) is 0 Å². The van der Waals surface area contributed by atoms with E-state index in [1.807, 2.05) is 0 Å². The van der Waals surface area contributed by atoms with Gasteiger partial charge in [-0.2, -0.15) is 0 Å². The van der Waals surface area contributed by atoms with E-state index in [2.05, 4.69) is 19.2 Å². The van der Waals surface area contributed by atoms with Gasteiger partial charge in [0.15, 0.2) is 0 Å². The molecule has 0 fully saturated rings. The molecule has 0 spiro atoms. The Kier molecular flexibility index (Phi) is 40.6. The first-order valence-corrected chi connectivity index (χ1v) is 22.8.